The number of benzene rings is 1. The molecule has 5 nitrogen and oxygen atoms in total. The zero-order valence-corrected chi connectivity index (χ0v) is 17.0. The van der Waals surface area contributed by atoms with E-state index in [2.05, 4.69) is 22.3 Å². The van der Waals surface area contributed by atoms with Crippen LogP contribution < -0.4 is 5.32 Å². The number of hydrogen-bond donors (Lipinski definition) is 1. The minimum absolute atomic E-state index is 0.0903. The summed E-state index contributed by atoms with van der Waals surface area (Å²) in [5.41, 5.74) is 1.11. The molecule has 0 radical (unpaired) electrons. The Morgan fingerprint density at radius 1 is 1.15 bits per heavy atom. The first-order valence-electron chi connectivity index (χ1n) is 10.1. The highest BCUT2D eigenvalue weighted by Crippen LogP contribution is 2.39. The molecular weight excluding hydrogens is 338 g/mol. The lowest BCUT2D eigenvalue weighted by molar-refractivity contribution is -0.141. The minimum atomic E-state index is -0.200. The number of hydrogen-bond acceptors (Lipinski definition) is 3. The summed E-state index contributed by atoms with van der Waals surface area (Å²) >= 11 is 0. The Hall–Kier alpha value is -1.88. The van der Waals surface area contributed by atoms with E-state index < -0.39 is 0 Å². The zero-order chi connectivity index (χ0) is 19.5. The van der Waals surface area contributed by atoms with Gasteiger partial charge in [0.05, 0.1) is 6.54 Å². The summed E-state index contributed by atoms with van der Waals surface area (Å²) in [6, 6.07) is 10.2. The standard InChI is InChI=1S/C22H33N3O2/c1-21(2,3)23-19(26)15-24-13-7-11-22(16-24)12-10-20(27)25(17-22)14-18-8-5-4-6-9-18/h4-6,8-9H,7,10-17H2,1-3H3,(H,23,26)/t22-/m1/s1. The van der Waals surface area contributed by atoms with Gasteiger partial charge in [0.25, 0.3) is 0 Å². The van der Waals surface area contributed by atoms with E-state index in [1.807, 2.05) is 43.9 Å². The van der Waals surface area contributed by atoms with Crippen LogP contribution >= 0.6 is 0 Å². The molecule has 3 rings (SSSR count). The van der Waals surface area contributed by atoms with E-state index in [4.69, 9.17) is 0 Å². The van der Waals surface area contributed by atoms with Gasteiger partial charge in [0.15, 0.2) is 0 Å². The summed E-state index contributed by atoms with van der Waals surface area (Å²) in [7, 11) is 0. The van der Waals surface area contributed by atoms with Crippen molar-refractivity contribution in [2.45, 2.75) is 58.5 Å². The molecule has 1 N–H and O–H groups in total. The van der Waals surface area contributed by atoms with Gasteiger partial charge < -0.3 is 10.2 Å². The van der Waals surface area contributed by atoms with Crippen molar-refractivity contribution in [1.82, 2.24) is 15.1 Å². The van der Waals surface area contributed by atoms with Crippen molar-refractivity contribution in [3.63, 3.8) is 0 Å². The Morgan fingerprint density at radius 2 is 1.89 bits per heavy atom. The maximum atomic E-state index is 12.5. The van der Waals surface area contributed by atoms with E-state index >= 15 is 0 Å². The van der Waals surface area contributed by atoms with Gasteiger partial charge in [0.1, 0.15) is 0 Å². The fourth-order valence-corrected chi connectivity index (χ4v) is 4.49. The van der Waals surface area contributed by atoms with E-state index in [1.165, 1.54) is 5.56 Å². The quantitative estimate of drug-likeness (QED) is 0.885. The number of piperidine rings is 2. The molecule has 1 aromatic carbocycles. The van der Waals surface area contributed by atoms with Gasteiger partial charge >= 0.3 is 0 Å². The first kappa shape index (κ1) is 19.9. The van der Waals surface area contributed by atoms with Crippen molar-refractivity contribution in [3.8, 4) is 0 Å². The molecule has 2 saturated heterocycles. The molecule has 1 spiro atoms. The maximum absolute atomic E-state index is 12.5. The van der Waals surface area contributed by atoms with Crippen LogP contribution in [0.25, 0.3) is 0 Å². The van der Waals surface area contributed by atoms with Crippen LogP contribution in [-0.4, -0.2) is 53.3 Å². The normalized spacial score (nSPS) is 24.3. The monoisotopic (exact) mass is 371 g/mol. The van der Waals surface area contributed by atoms with E-state index in [-0.39, 0.29) is 22.8 Å². The lowest BCUT2D eigenvalue weighted by Gasteiger charge is -2.48. The van der Waals surface area contributed by atoms with Crippen LogP contribution in [0.5, 0.6) is 0 Å². The number of amides is 2. The Kier molecular flexibility index (Phi) is 5.89. The van der Waals surface area contributed by atoms with Gasteiger partial charge in [-0.25, -0.2) is 0 Å². The van der Waals surface area contributed by atoms with Crippen molar-refractivity contribution < 1.29 is 9.59 Å². The van der Waals surface area contributed by atoms with Crippen LogP contribution in [0.2, 0.25) is 0 Å². The Bertz CT molecular complexity index is 668. The molecule has 1 atom stereocenters. The molecule has 148 valence electrons. The van der Waals surface area contributed by atoms with Gasteiger partial charge in [-0.05, 0) is 52.1 Å². The number of likely N-dealkylation sites (tertiary alicyclic amines) is 2. The summed E-state index contributed by atoms with van der Waals surface area (Å²) in [6.45, 7) is 9.84. The maximum Gasteiger partial charge on any atom is 0.234 e. The third-order valence-electron chi connectivity index (χ3n) is 5.59. The largest absolute Gasteiger partial charge is 0.350 e. The molecule has 0 bridgehead atoms. The molecule has 0 saturated carbocycles. The number of nitrogens with one attached hydrogen (secondary N) is 1. The Balaban J connectivity index is 1.62. The third-order valence-corrected chi connectivity index (χ3v) is 5.59. The molecule has 2 aliphatic heterocycles. The van der Waals surface area contributed by atoms with Crippen molar-refractivity contribution in [3.05, 3.63) is 35.9 Å². The van der Waals surface area contributed by atoms with E-state index in [1.54, 1.807) is 0 Å². The SMILES string of the molecule is CC(C)(C)NC(=O)CN1CCC[C@@]2(CCC(=O)N(Cc3ccccc3)C2)C1. The van der Waals surface area contributed by atoms with Crippen molar-refractivity contribution in [1.29, 1.82) is 0 Å². The predicted molar refractivity (Wildman–Crippen MR) is 107 cm³/mol. The second-order valence-electron chi connectivity index (χ2n) is 9.35. The van der Waals surface area contributed by atoms with Gasteiger partial charge in [-0.1, -0.05) is 30.3 Å². The van der Waals surface area contributed by atoms with Gasteiger partial charge in [0, 0.05) is 37.0 Å². The predicted octanol–water partition coefficient (Wildman–Crippen LogP) is 2.81. The van der Waals surface area contributed by atoms with Gasteiger partial charge in [-0.3, -0.25) is 14.5 Å². The van der Waals surface area contributed by atoms with Crippen LogP contribution in [0.15, 0.2) is 30.3 Å². The summed E-state index contributed by atoms with van der Waals surface area (Å²) < 4.78 is 0. The van der Waals surface area contributed by atoms with Crippen LogP contribution in [0, 0.1) is 5.41 Å². The number of carbonyl (C=O) groups excluding carboxylic acids is 2. The summed E-state index contributed by atoms with van der Waals surface area (Å²) in [4.78, 5) is 29.1. The molecule has 0 aromatic heterocycles. The van der Waals surface area contributed by atoms with Gasteiger partial charge in [-0.15, -0.1) is 0 Å². The van der Waals surface area contributed by atoms with Gasteiger partial charge in [-0.2, -0.15) is 0 Å². The number of carbonyl (C=O) groups is 2. The summed E-state index contributed by atoms with van der Waals surface area (Å²) in [5.74, 6) is 0.347. The zero-order valence-electron chi connectivity index (χ0n) is 17.0. The molecule has 27 heavy (non-hydrogen) atoms. The first-order valence-corrected chi connectivity index (χ1v) is 10.1. The first-order chi connectivity index (χ1) is 12.7. The lowest BCUT2D eigenvalue weighted by atomic mass is 9.73. The van der Waals surface area contributed by atoms with E-state index in [9.17, 15) is 9.59 Å². The average molecular weight is 372 g/mol. The van der Waals surface area contributed by atoms with Gasteiger partial charge in [0.2, 0.25) is 11.8 Å². The van der Waals surface area contributed by atoms with Crippen molar-refractivity contribution >= 4 is 11.8 Å². The molecule has 0 unspecified atom stereocenters. The smallest absolute Gasteiger partial charge is 0.234 e. The third kappa shape index (κ3) is 5.55. The van der Waals surface area contributed by atoms with Crippen LogP contribution in [0.4, 0.5) is 0 Å². The molecule has 0 aliphatic carbocycles. The topological polar surface area (TPSA) is 52.7 Å². The second-order valence-corrected chi connectivity index (χ2v) is 9.35. The van der Waals surface area contributed by atoms with Crippen LogP contribution in [0.1, 0.15) is 52.0 Å². The molecule has 2 fully saturated rings. The highest BCUT2D eigenvalue weighted by molar-refractivity contribution is 5.79. The van der Waals surface area contributed by atoms with E-state index in [0.29, 0.717) is 19.5 Å². The molecule has 5 heteroatoms. The highest BCUT2D eigenvalue weighted by Gasteiger charge is 2.41. The highest BCUT2D eigenvalue weighted by atomic mass is 16.2. The molecule has 2 aliphatic rings. The summed E-state index contributed by atoms with van der Waals surface area (Å²) in [5, 5.41) is 3.06. The molecule has 2 amide bonds. The fraction of sp³-hybridized carbons (Fsp3) is 0.636. The Morgan fingerprint density at radius 3 is 2.59 bits per heavy atom. The molecule has 1 aromatic rings. The molecule has 2 heterocycles. The average Bonchev–Trinajstić information content (AvgIpc) is 2.58. The van der Waals surface area contributed by atoms with Crippen LogP contribution in [-0.2, 0) is 16.1 Å². The fourth-order valence-electron chi connectivity index (χ4n) is 4.49. The second kappa shape index (κ2) is 8.01. The Labute approximate surface area is 163 Å². The minimum Gasteiger partial charge on any atom is -0.350 e. The van der Waals surface area contributed by atoms with Crippen LogP contribution in [0.3, 0.4) is 0 Å². The number of nitrogens with zero attached hydrogens (tertiary/aromatic N) is 2. The number of rotatable bonds is 4. The van der Waals surface area contributed by atoms with E-state index in [0.717, 1.165) is 38.9 Å². The van der Waals surface area contributed by atoms with Crippen molar-refractivity contribution in [2.24, 2.45) is 5.41 Å². The molecular formula is C22H33N3O2. The van der Waals surface area contributed by atoms with Crippen molar-refractivity contribution in [2.75, 3.05) is 26.2 Å². The summed E-state index contributed by atoms with van der Waals surface area (Å²) in [6.07, 6.45) is 3.79. The lowest BCUT2D eigenvalue weighted by Crippen LogP contribution is -2.55.